The SMILES string of the molecule is N#Cc1cnc2ccccc2c1NCCOc1ccccc1. The molecule has 0 atom stereocenters. The van der Waals surface area contributed by atoms with Gasteiger partial charge in [0.05, 0.1) is 16.8 Å². The van der Waals surface area contributed by atoms with Crippen molar-refractivity contribution in [3.63, 3.8) is 0 Å². The van der Waals surface area contributed by atoms with Gasteiger partial charge in [-0.05, 0) is 18.2 Å². The molecule has 1 N–H and O–H groups in total. The standard InChI is InChI=1S/C18H15N3O/c19-12-14-13-21-17-9-5-4-8-16(17)18(14)20-10-11-22-15-6-2-1-3-7-15/h1-9,13H,10-11H2,(H,20,21). The molecule has 0 unspecified atom stereocenters. The molecule has 0 saturated carbocycles. The van der Waals surface area contributed by atoms with Gasteiger partial charge in [0.1, 0.15) is 18.4 Å². The number of ether oxygens (including phenoxy) is 1. The van der Waals surface area contributed by atoms with Crippen LogP contribution in [0.15, 0.2) is 60.8 Å². The predicted molar refractivity (Wildman–Crippen MR) is 86.9 cm³/mol. The predicted octanol–water partition coefficient (Wildman–Crippen LogP) is 3.60. The fourth-order valence-corrected chi connectivity index (χ4v) is 2.28. The molecule has 22 heavy (non-hydrogen) atoms. The lowest BCUT2D eigenvalue weighted by molar-refractivity contribution is 0.333. The van der Waals surface area contributed by atoms with Crippen LogP contribution in [-0.2, 0) is 0 Å². The van der Waals surface area contributed by atoms with Crippen LogP contribution in [0.5, 0.6) is 5.75 Å². The zero-order valence-electron chi connectivity index (χ0n) is 12.0. The van der Waals surface area contributed by atoms with Crippen molar-refractivity contribution in [1.82, 2.24) is 4.98 Å². The quantitative estimate of drug-likeness (QED) is 0.729. The van der Waals surface area contributed by atoms with E-state index in [-0.39, 0.29) is 0 Å². The van der Waals surface area contributed by atoms with Crippen molar-refractivity contribution < 1.29 is 4.74 Å². The van der Waals surface area contributed by atoms with E-state index < -0.39 is 0 Å². The number of para-hydroxylation sites is 2. The van der Waals surface area contributed by atoms with Crippen LogP contribution in [0.25, 0.3) is 10.9 Å². The number of nitrogens with one attached hydrogen (secondary N) is 1. The Morgan fingerprint density at radius 3 is 2.64 bits per heavy atom. The summed E-state index contributed by atoms with van der Waals surface area (Å²) in [5.74, 6) is 0.837. The van der Waals surface area contributed by atoms with E-state index in [1.807, 2.05) is 54.6 Å². The van der Waals surface area contributed by atoms with Crippen molar-refractivity contribution in [1.29, 1.82) is 5.26 Å². The monoisotopic (exact) mass is 289 g/mol. The van der Waals surface area contributed by atoms with Crippen molar-refractivity contribution in [3.8, 4) is 11.8 Å². The second kappa shape index (κ2) is 6.59. The van der Waals surface area contributed by atoms with Crippen LogP contribution in [0, 0.1) is 11.3 Å². The third-order valence-corrected chi connectivity index (χ3v) is 3.31. The van der Waals surface area contributed by atoms with Gasteiger partial charge >= 0.3 is 0 Å². The number of hydrogen-bond donors (Lipinski definition) is 1. The summed E-state index contributed by atoms with van der Waals surface area (Å²) in [7, 11) is 0. The smallest absolute Gasteiger partial charge is 0.119 e. The largest absolute Gasteiger partial charge is 0.492 e. The van der Waals surface area contributed by atoms with E-state index in [9.17, 15) is 5.26 Å². The van der Waals surface area contributed by atoms with Crippen LogP contribution in [0.3, 0.4) is 0 Å². The summed E-state index contributed by atoms with van der Waals surface area (Å²) < 4.78 is 5.65. The lowest BCUT2D eigenvalue weighted by Gasteiger charge is -2.12. The van der Waals surface area contributed by atoms with E-state index in [0.29, 0.717) is 18.7 Å². The Morgan fingerprint density at radius 2 is 1.82 bits per heavy atom. The van der Waals surface area contributed by atoms with E-state index in [2.05, 4.69) is 16.4 Å². The first-order valence-corrected chi connectivity index (χ1v) is 7.08. The summed E-state index contributed by atoms with van der Waals surface area (Å²) in [5, 5.41) is 13.5. The van der Waals surface area contributed by atoms with Gasteiger partial charge in [-0.1, -0.05) is 36.4 Å². The van der Waals surface area contributed by atoms with Gasteiger partial charge in [-0.15, -0.1) is 0 Å². The average Bonchev–Trinajstić information content (AvgIpc) is 2.59. The van der Waals surface area contributed by atoms with Gasteiger partial charge in [-0.3, -0.25) is 4.98 Å². The molecule has 0 spiro atoms. The zero-order chi connectivity index (χ0) is 15.2. The molecule has 4 nitrogen and oxygen atoms in total. The number of nitrogens with zero attached hydrogens (tertiary/aromatic N) is 2. The molecule has 4 heteroatoms. The van der Waals surface area contributed by atoms with Gasteiger partial charge in [0.2, 0.25) is 0 Å². The minimum atomic E-state index is 0.519. The number of pyridine rings is 1. The molecule has 0 bridgehead atoms. The molecule has 2 aromatic carbocycles. The Balaban J connectivity index is 1.72. The molecular weight excluding hydrogens is 274 g/mol. The van der Waals surface area contributed by atoms with Crippen molar-refractivity contribution in [2.24, 2.45) is 0 Å². The Bertz CT molecular complexity index is 809. The molecule has 1 aromatic heterocycles. The molecule has 0 aliphatic carbocycles. The second-order valence-corrected chi connectivity index (χ2v) is 4.76. The maximum atomic E-state index is 9.25. The summed E-state index contributed by atoms with van der Waals surface area (Å²) >= 11 is 0. The number of rotatable bonds is 5. The first-order chi connectivity index (χ1) is 10.9. The Labute approximate surface area is 129 Å². The number of hydrogen-bond acceptors (Lipinski definition) is 4. The van der Waals surface area contributed by atoms with Crippen LogP contribution in [0.1, 0.15) is 5.56 Å². The van der Waals surface area contributed by atoms with E-state index in [4.69, 9.17) is 4.74 Å². The van der Waals surface area contributed by atoms with Crippen molar-refractivity contribution in [3.05, 3.63) is 66.4 Å². The van der Waals surface area contributed by atoms with E-state index in [1.165, 1.54) is 0 Å². The Kier molecular flexibility index (Phi) is 4.17. The zero-order valence-corrected chi connectivity index (χ0v) is 12.0. The van der Waals surface area contributed by atoms with Crippen molar-refractivity contribution in [2.45, 2.75) is 0 Å². The molecule has 1 heterocycles. The summed E-state index contributed by atoms with van der Waals surface area (Å²) in [6.07, 6.45) is 1.60. The van der Waals surface area contributed by atoms with E-state index in [0.717, 1.165) is 22.3 Å². The first kappa shape index (κ1) is 13.9. The molecule has 3 rings (SSSR count). The van der Waals surface area contributed by atoms with Crippen LogP contribution < -0.4 is 10.1 Å². The van der Waals surface area contributed by atoms with Crippen molar-refractivity contribution in [2.75, 3.05) is 18.5 Å². The second-order valence-electron chi connectivity index (χ2n) is 4.76. The third kappa shape index (κ3) is 2.99. The van der Waals surface area contributed by atoms with Gasteiger partial charge in [0.15, 0.2) is 0 Å². The molecule has 0 radical (unpaired) electrons. The number of nitriles is 1. The number of fused-ring (bicyclic) bond motifs is 1. The van der Waals surface area contributed by atoms with Crippen molar-refractivity contribution >= 4 is 16.6 Å². The maximum Gasteiger partial charge on any atom is 0.119 e. The number of benzene rings is 2. The van der Waals surface area contributed by atoms with E-state index in [1.54, 1.807) is 6.20 Å². The summed E-state index contributed by atoms with van der Waals surface area (Å²) in [6.45, 7) is 1.13. The highest BCUT2D eigenvalue weighted by molar-refractivity contribution is 5.93. The highest BCUT2D eigenvalue weighted by atomic mass is 16.5. The van der Waals surface area contributed by atoms with Gasteiger partial charge in [0, 0.05) is 18.1 Å². The summed E-state index contributed by atoms with van der Waals surface area (Å²) in [4.78, 5) is 4.29. The highest BCUT2D eigenvalue weighted by Crippen LogP contribution is 2.25. The molecule has 3 aromatic rings. The van der Waals surface area contributed by atoms with Gasteiger partial charge in [-0.2, -0.15) is 5.26 Å². The minimum absolute atomic E-state index is 0.519. The lowest BCUT2D eigenvalue weighted by atomic mass is 10.1. The average molecular weight is 289 g/mol. The van der Waals surface area contributed by atoms with Gasteiger partial charge in [0.25, 0.3) is 0 Å². The minimum Gasteiger partial charge on any atom is -0.492 e. The van der Waals surface area contributed by atoms with Crippen LogP contribution in [0.4, 0.5) is 5.69 Å². The highest BCUT2D eigenvalue weighted by Gasteiger charge is 2.07. The van der Waals surface area contributed by atoms with Gasteiger partial charge < -0.3 is 10.1 Å². The lowest BCUT2D eigenvalue weighted by Crippen LogP contribution is -2.12. The normalized spacial score (nSPS) is 10.1. The van der Waals surface area contributed by atoms with Crippen LogP contribution >= 0.6 is 0 Å². The summed E-state index contributed by atoms with van der Waals surface area (Å²) in [6, 6.07) is 19.6. The fourth-order valence-electron chi connectivity index (χ4n) is 2.28. The number of aromatic nitrogens is 1. The van der Waals surface area contributed by atoms with E-state index >= 15 is 0 Å². The molecule has 0 saturated heterocycles. The Morgan fingerprint density at radius 1 is 1.05 bits per heavy atom. The topological polar surface area (TPSA) is 57.9 Å². The number of anilines is 1. The first-order valence-electron chi connectivity index (χ1n) is 7.08. The Hall–Kier alpha value is -3.06. The molecule has 108 valence electrons. The molecule has 0 amide bonds. The third-order valence-electron chi connectivity index (χ3n) is 3.31. The molecule has 0 aliphatic rings. The van der Waals surface area contributed by atoms with Gasteiger partial charge in [-0.25, -0.2) is 0 Å². The maximum absolute atomic E-state index is 9.25. The molecule has 0 aliphatic heterocycles. The molecule has 0 fully saturated rings. The fraction of sp³-hybridized carbons (Fsp3) is 0.111. The molecular formula is C18H15N3O. The summed E-state index contributed by atoms with van der Waals surface area (Å²) in [5.41, 5.74) is 2.22. The van der Waals surface area contributed by atoms with Crippen LogP contribution in [0.2, 0.25) is 0 Å². The van der Waals surface area contributed by atoms with Crippen LogP contribution in [-0.4, -0.2) is 18.1 Å².